The van der Waals surface area contributed by atoms with Crippen molar-refractivity contribution in [3.8, 4) is 0 Å². The van der Waals surface area contributed by atoms with Crippen LogP contribution in [0.3, 0.4) is 0 Å². The summed E-state index contributed by atoms with van der Waals surface area (Å²) in [5.41, 5.74) is 3.70. The summed E-state index contributed by atoms with van der Waals surface area (Å²) in [5, 5.41) is 0. The molecule has 2 aromatic rings. The van der Waals surface area contributed by atoms with E-state index in [1.807, 2.05) is 25.4 Å². The molecule has 2 heteroatoms. The quantitative estimate of drug-likeness (QED) is 0.736. The third-order valence-electron chi connectivity index (χ3n) is 2.95. The van der Waals surface area contributed by atoms with Crippen molar-refractivity contribution in [3.05, 3.63) is 59.7 Å². The zero-order valence-corrected chi connectivity index (χ0v) is 12.6. The zero-order valence-electron chi connectivity index (χ0n) is 12.6. The first-order chi connectivity index (χ1) is 9.00. The molecular weight excluding hydrogens is 244 g/mol. The molecule has 0 saturated carbocycles. The van der Waals surface area contributed by atoms with Crippen LogP contribution in [0.1, 0.15) is 63.8 Å². The van der Waals surface area contributed by atoms with Crippen LogP contribution in [-0.2, 0) is 0 Å². The lowest BCUT2D eigenvalue weighted by molar-refractivity contribution is 0.855. The summed E-state index contributed by atoms with van der Waals surface area (Å²) < 4.78 is 0. The normalized spacial score (nSPS) is 9.75. The monoisotopic (exact) mass is 272 g/mol. The second-order valence-electron chi connectivity index (χ2n) is 5.33. The van der Waals surface area contributed by atoms with E-state index in [1.54, 1.807) is 6.20 Å². The Morgan fingerprint density at radius 1 is 0.850 bits per heavy atom. The van der Waals surface area contributed by atoms with Gasteiger partial charge < -0.3 is 0 Å². The van der Waals surface area contributed by atoms with Crippen molar-refractivity contribution >= 4 is 0 Å². The summed E-state index contributed by atoms with van der Waals surface area (Å²) in [6.45, 7) is 10.7. The Hall–Kier alpha value is -1.70. The number of aryl methyl sites for hydroxylation is 1. The van der Waals surface area contributed by atoms with Crippen LogP contribution < -0.4 is 0 Å². The van der Waals surface area contributed by atoms with Crippen LogP contribution >= 0.6 is 0 Å². The van der Waals surface area contributed by atoms with Gasteiger partial charge in [0.1, 0.15) is 0 Å². The molecule has 0 atom stereocenters. The maximum Gasteiger partial charge on any atom is 0.0372 e. The Morgan fingerprint density at radius 2 is 1.45 bits per heavy atom. The van der Waals surface area contributed by atoms with Gasteiger partial charge in [0.05, 0.1) is 0 Å². The van der Waals surface area contributed by atoms with Crippen molar-refractivity contribution < 1.29 is 0 Å². The van der Waals surface area contributed by atoms with Crippen LogP contribution in [0.5, 0.6) is 0 Å². The van der Waals surface area contributed by atoms with E-state index < -0.39 is 0 Å². The molecule has 0 aliphatic carbocycles. The van der Waals surface area contributed by atoms with Crippen molar-refractivity contribution in [3.63, 3.8) is 0 Å². The van der Waals surface area contributed by atoms with Gasteiger partial charge in [-0.05, 0) is 42.0 Å². The molecule has 20 heavy (non-hydrogen) atoms. The van der Waals surface area contributed by atoms with Gasteiger partial charge in [-0.2, -0.15) is 0 Å². The molecule has 0 fully saturated rings. The van der Waals surface area contributed by atoms with Gasteiger partial charge in [-0.15, -0.1) is 0 Å². The van der Waals surface area contributed by atoms with Crippen molar-refractivity contribution in [2.45, 2.75) is 53.9 Å². The van der Waals surface area contributed by atoms with Gasteiger partial charge in [-0.1, -0.05) is 47.3 Å². The highest BCUT2D eigenvalue weighted by Crippen LogP contribution is 2.12. The maximum absolute atomic E-state index is 4.20. The minimum atomic E-state index is 0. The van der Waals surface area contributed by atoms with E-state index in [0.717, 1.165) is 5.69 Å². The van der Waals surface area contributed by atoms with Crippen molar-refractivity contribution in [2.75, 3.05) is 0 Å². The molecule has 0 unspecified atom stereocenters. The van der Waals surface area contributed by atoms with E-state index in [2.05, 4.69) is 55.9 Å². The molecule has 0 spiro atoms. The van der Waals surface area contributed by atoms with Gasteiger partial charge in [-0.3, -0.25) is 9.97 Å². The molecule has 0 amide bonds. The number of hydrogen-bond donors (Lipinski definition) is 0. The molecule has 2 heterocycles. The van der Waals surface area contributed by atoms with Crippen molar-refractivity contribution in [2.24, 2.45) is 0 Å². The molecule has 2 rings (SSSR count). The van der Waals surface area contributed by atoms with E-state index >= 15 is 0 Å². The highest BCUT2D eigenvalue weighted by molar-refractivity contribution is 5.16. The Bertz CT molecular complexity index is 459. The van der Waals surface area contributed by atoms with E-state index in [4.69, 9.17) is 0 Å². The lowest BCUT2D eigenvalue weighted by atomic mass is 10.1. The smallest absolute Gasteiger partial charge is 0.0372 e. The summed E-state index contributed by atoms with van der Waals surface area (Å²) in [6.07, 6.45) is 5.65. The maximum atomic E-state index is 4.20. The average molecular weight is 272 g/mol. The lowest BCUT2D eigenvalue weighted by Gasteiger charge is -2.02. The minimum Gasteiger partial charge on any atom is -0.264 e. The number of pyridine rings is 2. The predicted octanol–water partition coefficient (Wildman–Crippen LogP) is 5.35. The van der Waals surface area contributed by atoms with E-state index in [0.29, 0.717) is 11.8 Å². The minimum absolute atomic E-state index is 0. The summed E-state index contributed by atoms with van der Waals surface area (Å²) in [6, 6.07) is 8.25. The van der Waals surface area contributed by atoms with Crippen LogP contribution in [0, 0.1) is 6.92 Å². The predicted molar refractivity (Wildman–Crippen MR) is 88.1 cm³/mol. The number of nitrogens with zero attached hydrogens (tertiary/aromatic N) is 2. The molecule has 2 aromatic heterocycles. The van der Waals surface area contributed by atoms with E-state index in [-0.39, 0.29) is 7.43 Å². The molecule has 0 N–H and O–H groups in total. The fraction of sp³-hybridized carbons (Fsp3) is 0.444. The largest absolute Gasteiger partial charge is 0.264 e. The molecule has 2 nitrogen and oxygen atoms in total. The van der Waals surface area contributed by atoms with Crippen LogP contribution in [0.4, 0.5) is 0 Å². The molecular formula is C18H28N2. The third kappa shape index (κ3) is 6.46. The molecule has 0 bridgehead atoms. The molecule has 0 aliphatic rings. The Morgan fingerprint density at radius 3 is 1.80 bits per heavy atom. The second-order valence-corrected chi connectivity index (χ2v) is 5.33. The number of rotatable bonds is 2. The van der Waals surface area contributed by atoms with Gasteiger partial charge in [-0.25, -0.2) is 0 Å². The van der Waals surface area contributed by atoms with Crippen molar-refractivity contribution in [1.82, 2.24) is 9.97 Å². The third-order valence-corrected chi connectivity index (χ3v) is 2.95. The summed E-state index contributed by atoms with van der Waals surface area (Å²) in [7, 11) is 0. The van der Waals surface area contributed by atoms with Crippen LogP contribution in [0.25, 0.3) is 0 Å². The highest BCUT2D eigenvalue weighted by Gasteiger charge is 1.96. The molecule has 0 aromatic carbocycles. The summed E-state index contributed by atoms with van der Waals surface area (Å²) in [4.78, 5) is 8.21. The summed E-state index contributed by atoms with van der Waals surface area (Å²) >= 11 is 0. The van der Waals surface area contributed by atoms with Gasteiger partial charge in [0.2, 0.25) is 0 Å². The van der Waals surface area contributed by atoms with Crippen LogP contribution in [0.2, 0.25) is 0 Å². The van der Waals surface area contributed by atoms with E-state index in [1.165, 1.54) is 11.1 Å². The molecule has 0 aliphatic heterocycles. The van der Waals surface area contributed by atoms with Gasteiger partial charge >= 0.3 is 0 Å². The Kier molecular flexibility index (Phi) is 8.46. The molecule has 0 radical (unpaired) electrons. The zero-order chi connectivity index (χ0) is 14.3. The lowest BCUT2D eigenvalue weighted by Crippen LogP contribution is -1.88. The fourth-order valence-corrected chi connectivity index (χ4v) is 1.54. The van der Waals surface area contributed by atoms with Crippen LogP contribution in [-0.4, -0.2) is 9.97 Å². The van der Waals surface area contributed by atoms with Crippen molar-refractivity contribution in [1.29, 1.82) is 0 Å². The van der Waals surface area contributed by atoms with E-state index in [9.17, 15) is 0 Å². The Labute approximate surface area is 124 Å². The second kappa shape index (κ2) is 9.24. The van der Waals surface area contributed by atoms with Crippen LogP contribution in [0.15, 0.2) is 42.9 Å². The highest BCUT2D eigenvalue weighted by atomic mass is 14.7. The Balaban J connectivity index is 0.000000345. The number of hydrogen-bond acceptors (Lipinski definition) is 2. The van der Waals surface area contributed by atoms with Gasteiger partial charge in [0, 0.05) is 24.3 Å². The topological polar surface area (TPSA) is 25.8 Å². The first-order valence-corrected chi connectivity index (χ1v) is 6.83. The van der Waals surface area contributed by atoms with Gasteiger partial charge in [0.25, 0.3) is 0 Å². The first kappa shape index (κ1) is 18.3. The van der Waals surface area contributed by atoms with Gasteiger partial charge in [0.15, 0.2) is 0 Å². The number of aromatic nitrogens is 2. The summed E-state index contributed by atoms with van der Waals surface area (Å²) in [5.74, 6) is 1.19. The average Bonchev–Trinajstić information content (AvgIpc) is 2.41. The first-order valence-electron chi connectivity index (χ1n) is 6.83. The molecule has 110 valence electrons. The fourth-order valence-electron chi connectivity index (χ4n) is 1.54. The molecule has 0 saturated heterocycles. The standard InChI is InChI=1S/C9H13N.C8H11N.CH4/c1-7(2)9-5-4-8(3)10-6-9;1-7(2)8-4-3-5-9-6-8;/h4-7H,1-3H3;3-7H,1-2H3;1H4. The SMILES string of the molecule is C.CC(C)c1cccnc1.Cc1ccc(C(C)C)cn1.